The maximum absolute atomic E-state index is 12.6. The van der Waals surface area contributed by atoms with Gasteiger partial charge in [0.25, 0.3) is 0 Å². The van der Waals surface area contributed by atoms with Gasteiger partial charge < -0.3 is 9.47 Å². The molecule has 1 aromatic carbocycles. The molecule has 0 fully saturated rings. The minimum Gasteiger partial charge on any atom is -0.496 e. The Balaban J connectivity index is 1.51. The molecular formula is C23H26N2O3. The fourth-order valence-corrected chi connectivity index (χ4v) is 3.22. The van der Waals surface area contributed by atoms with Crippen LogP contribution in [0.1, 0.15) is 46.4 Å². The summed E-state index contributed by atoms with van der Waals surface area (Å²) >= 11 is 0. The van der Waals surface area contributed by atoms with Crippen LogP contribution < -0.4 is 4.74 Å². The first kappa shape index (κ1) is 20.0. The predicted molar refractivity (Wildman–Crippen MR) is 111 cm³/mol. The van der Waals surface area contributed by atoms with E-state index in [1.807, 2.05) is 12.1 Å². The number of Topliss-reactive ketones (excluding diaryl/α,β-unsaturated/α-hetero) is 1. The normalized spacial score (nSPS) is 12.9. The molecule has 5 nitrogen and oxygen atoms in total. The second-order valence-electron chi connectivity index (χ2n) is 6.83. The lowest BCUT2D eigenvalue weighted by atomic mass is 10.0. The number of ketones is 1. The van der Waals surface area contributed by atoms with Crippen LogP contribution in [0.2, 0.25) is 0 Å². The van der Waals surface area contributed by atoms with Crippen molar-refractivity contribution in [1.82, 2.24) is 4.98 Å². The molecule has 0 unspecified atom stereocenters. The first-order valence-corrected chi connectivity index (χ1v) is 9.54. The summed E-state index contributed by atoms with van der Waals surface area (Å²) in [5.74, 6) is 0.652. The lowest BCUT2D eigenvalue weighted by Crippen LogP contribution is -2.05. The highest BCUT2D eigenvalue weighted by atomic mass is 16.5. The van der Waals surface area contributed by atoms with Crippen LogP contribution in [0.15, 0.2) is 47.6 Å². The molecule has 1 aliphatic rings. The molecule has 0 saturated carbocycles. The number of hydrogen-bond acceptors (Lipinski definition) is 5. The molecule has 146 valence electrons. The quantitative estimate of drug-likeness (QED) is 0.457. The number of rotatable bonds is 10. The number of benzene rings is 1. The van der Waals surface area contributed by atoms with Gasteiger partial charge in [-0.3, -0.25) is 14.8 Å². The van der Waals surface area contributed by atoms with Gasteiger partial charge in [0, 0.05) is 37.6 Å². The van der Waals surface area contributed by atoms with E-state index in [-0.39, 0.29) is 5.78 Å². The number of aryl methyl sites for hydroxylation is 1. The van der Waals surface area contributed by atoms with E-state index in [2.05, 4.69) is 34.2 Å². The Kier molecular flexibility index (Phi) is 7.09. The average Bonchev–Trinajstić information content (AvgIpc) is 3.27. The number of aliphatic imine (C=N–C) groups is 1. The van der Waals surface area contributed by atoms with E-state index in [1.165, 1.54) is 11.1 Å². The number of hydrogen-bond donors (Lipinski definition) is 0. The van der Waals surface area contributed by atoms with Gasteiger partial charge in [-0.2, -0.15) is 0 Å². The lowest BCUT2D eigenvalue weighted by Gasteiger charge is -2.10. The van der Waals surface area contributed by atoms with Gasteiger partial charge in [0.05, 0.1) is 31.5 Å². The SMILES string of the molecule is COCc1ccc(CCCCC(=O)c2cnc(C3=CC=NC3)cc2OC)cc1. The van der Waals surface area contributed by atoms with Gasteiger partial charge in [0.2, 0.25) is 0 Å². The molecule has 1 aliphatic heterocycles. The largest absolute Gasteiger partial charge is 0.496 e. The van der Waals surface area contributed by atoms with Crippen molar-refractivity contribution in [3.63, 3.8) is 0 Å². The summed E-state index contributed by atoms with van der Waals surface area (Å²) in [6, 6.07) is 10.3. The number of carbonyl (C=O) groups excluding carboxylic acids is 1. The smallest absolute Gasteiger partial charge is 0.168 e. The van der Waals surface area contributed by atoms with Gasteiger partial charge in [0.15, 0.2) is 5.78 Å². The third-order valence-corrected chi connectivity index (χ3v) is 4.81. The highest BCUT2D eigenvalue weighted by Gasteiger charge is 2.15. The molecule has 0 radical (unpaired) electrons. The van der Waals surface area contributed by atoms with Gasteiger partial charge in [-0.15, -0.1) is 0 Å². The van der Waals surface area contributed by atoms with E-state index in [0.717, 1.165) is 30.5 Å². The van der Waals surface area contributed by atoms with Crippen LogP contribution in [0.4, 0.5) is 0 Å². The Hall–Kier alpha value is -2.79. The molecule has 5 heteroatoms. The molecule has 28 heavy (non-hydrogen) atoms. The zero-order valence-corrected chi connectivity index (χ0v) is 16.5. The lowest BCUT2D eigenvalue weighted by molar-refractivity contribution is 0.0976. The van der Waals surface area contributed by atoms with E-state index >= 15 is 0 Å². The second kappa shape index (κ2) is 9.95. The van der Waals surface area contributed by atoms with Crippen molar-refractivity contribution in [3.05, 3.63) is 65.0 Å². The molecule has 2 aromatic rings. The summed E-state index contributed by atoms with van der Waals surface area (Å²) in [6.45, 7) is 1.25. The Morgan fingerprint density at radius 2 is 1.89 bits per heavy atom. The molecule has 0 amide bonds. The molecule has 0 spiro atoms. The number of allylic oxidation sites excluding steroid dienone is 1. The third kappa shape index (κ3) is 5.14. The zero-order chi connectivity index (χ0) is 19.8. The number of unbranched alkanes of at least 4 members (excludes halogenated alkanes) is 1. The molecule has 1 aromatic heterocycles. The van der Waals surface area contributed by atoms with Gasteiger partial charge in [-0.1, -0.05) is 24.3 Å². The van der Waals surface area contributed by atoms with E-state index in [0.29, 0.717) is 30.9 Å². The van der Waals surface area contributed by atoms with Crippen LogP contribution >= 0.6 is 0 Å². The van der Waals surface area contributed by atoms with Crippen LogP contribution in [0.5, 0.6) is 5.75 Å². The summed E-state index contributed by atoms with van der Waals surface area (Å²) in [6.07, 6.45) is 8.59. The number of carbonyl (C=O) groups is 1. The standard InChI is InChI=1S/C23H26N2O3/c1-27-16-18-9-7-17(8-10-18)5-3-4-6-22(26)20-15-25-21(13-23(20)28-2)19-11-12-24-14-19/h7-13,15H,3-6,14,16H2,1-2H3. The predicted octanol–water partition coefficient (Wildman–Crippen LogP) is 4.30. The maximum atomic E-state index is 12.6. The number of pyridine rings is 1. The summed E-state index contributed by atoms with van der Waals surface area (Å²) in [5.41, 5.74) is 4.85. The zero-order valence-electron chi connectivity index (χ0n) is 16.5. The van der Waals surface area contributed by atoms with Crippen molar-refractivity contribution in [2.24, 2.45) is 4.99 Å². The van der Waals surface area contributed by atoms with Crippen molar-refractivity contribution in [2.75, 3.05) is 20.8 Å². The molecular weight excluding hydrogens is 352 g/mol. The molecule has 2 heterocycles. The fraction of sp³-hybridized carbons (Fsp3) is 0.348. The van der Waals surface area contributed by atoms with Crippen LogP contribution in [0.25, 0.3) is 5.57 Å². The fourth-order valence-electron chi connectivity index (χ4n) is 3.22. The van der Waals surface area contributed by atoms with Crippen molar-refractivity contribution >= 4 is 17.6 Å². The van der Waals surface area contributed by atoms with Gasteiger partial charge in [-0.25, -0.2) is 0 Å². The summed E-state index contributed by atoms with van der Waals surface area (Å²) in [4.78, 5) is 21.2. The average molecular weight is 378 g/mol. The van der Waals surface area contributed by atoms with Crippen molar-refractivity contribution < 1.29 is 14.3 Å². The molecule has 0 atom stereocenters. The van der Waals surface area contributed by atoms with Crippen LogP contribution in [0, 0.1) is 0 Å². The monoisotopic (exact) mass is 378 g/mol. The van der Waals surface area contributed by atoms with E-state index in [4.69, 9.17) is 9.47 Å². The Bertz CT molecular complexity index is 870. The highest BCUT2D eigenvalue weighted by Crippen LogP contribution is 2.25. The number of methoxy groups -OCH3 is 2. The summed E-state index contributed by atoms with van der Waals surface area (Å²) < 4.78 is 10.6. The van der Waals surface area contributed by atoms with Crippen LogP contribution in [-0.4, -0.2) is 37.7 Å². The molecule has 3 rings (SSSR count). The number of ether oxygens (including phenoxy) is 2. The van der Waals surface area contributed by atoms with Gasteiger partial charge in [0.1, 0.15) is 5.75 Å². The Morgan fingerprint density at radius 3 is 2.57 bits per heavy atom. The van der Waals surface area contributed by atoms with Crippen molar-refractivity contribution in [1.29, 1.82) is 0 Å². The topological polar surface area (TPSA) is 60.8 Å². The van der Waals surface area contributed by atoms with E-state index in [9.17, 15) is 4.79 Å². The number of nitrogens with zero attached hydrogens (tertiary/aromatic N) is 2. The first-order valence-electron chi connectivity index (χ1n) is 9.54. The van der Waals surface area contributed by atoms with Crippen molar-refractivity contribution in [2.45, 2.75) is 32.3 Å². The molecule has 0 bridgehead atoms. The number of aromatic nitrogens is 1. The Labute approximate surface area is 166 Å². The van der Waals surface area contributed by atoms with Crippen molar-refractivity contribution in [3.8, 4) is 5.75 Å². The summed E-state index contributed by atoms with van der Waals surface area (Å²) in [7, 11) is 3.28. The highest BCUT2D eigenvalue weighted by molar-refractivity contribution is 5.99. The summed E-state index contributed by atoms with van der Waals surface area (Å²) in [5, 5.41) is 0. The van der Waals surface area contributed by atoms with Gasteiger partial charge in [-0.05, 0) is 36.5 Å². The van der Waals surface area contributed by atoms with Gasteiger partial charge >= 0.3 is 0 Å². The van der Waals surface area contributed by atoms with Crippen LogP contribution in [-0.2, 0) is 17.8 Å². The van der Waals surface area contributed by atoms with E-state index < -0.39 is 0 Å². The maximum Gasteiger partial charge on any atom is 0.168 e. The van der Waals surface area contributed by atoms with E-state index in [1.54, 1.807) is 26.6 Å². The minimum atomic E-state index is 0.0722. The molecule has 0 saturated heterocycles. The molecule has 0 N–H and O–H groups in total. The second-order valence-corrected chi connectivity index (χ2v) is 6.83. The van der Waals surface area contributed by atoms with Crippen LogP contribution in [0.3, 0.4) is 0 Å². The minimum absolute atomic E-state index is 0.0722. The third-order valence-electron chi connectivity index (χ3n) is 4.81. The molecule has 0 aliphatic carbocycles. The first-order chi connectivity index (χ1) is 13.7. The Morgan fingerprint density at radius 1 is 1.11 bits per heavy atom.